The largest absolute Gasteiger partial charge is 0.493 e. The average molecular weight is 410 g/mol. The number of methoxy groups -OCH3 is 3. The summed E-state index contributed by atoms with van der Waals surface area (Å²) in [5.41, 5.74) is 0.336. The van der Waals surface area contributed by atoms with Crippen LogP contribution >= 0.6 is 0 Å². The number of benzene rings is 1. The third-order valence-electron chi connectivity index (χ3n) is 4.65. The number of nitrogens with zero attached hydrogens (tertiary/aromatic N) is 2. The van der Waals surface area contributed by atoms with E-state index in [1.54, 1.807) is 24.0 Å². The van der Waals surface area contributed by atoms with E-state index in [1.807, 2.05) is 0 Å². The van der Waals surface area contributed by atoms with E-state index in [2.05, 4.69) is 4.90 Å². The minimum Gasteiger partial charge on any atom is -0.493 e. The number of hydrogen-bond donors (Lipinski definition) is 0. The van der Waals surface area contributed by atoms with E-state index >= 15 is 0 Å². The van der Waals surface area contributed by atoms with Crippen molar-refractivity contribution in [3.8, 4) is 17.2 Å². The summed E-state index contributed by atoms with van der Waals surface area (Å²) in [4.78, 5) is 28.0. The molecule has 0 atom stereocenters. The molecule has 1 aliphatic rings. The van der Waals surface area contributed by atoms with Gasteiger partial charge in [-0.15, -0.1) is 0 Å². The predicted molar refractivity (Wildman–Crippen MR) is 106 cm³/mol. The number of carbonyl (C=O) groups excluding carboxylic acids is 2. The zero-order valence-corrected chi connectivity index (χ0v) is 17.6. The van der Waals surface area contributed by atoms with Crippen LogP contribution in [0, 0.1) is 0 Å². The molecule has 162 valence electrons. The average Bonchev–Trinajstić information content (AvgIpc) is 2.75. The Labute approximate surface area is 171 Å². The molecule has 1 aromatic rings. The number of ether oxygens (including phenoxy) is 5. The summed E-state index contributed by atoms with van der Waals surface area (Å²) in [6, 6.07) is 3.14. The third kappa shape index (κ3) is 6.15. The number of piperazine rings is 1. The van der Waals surface area contributed by atoms with Crippen LogP contribution in [0.4, 0.5) is 4.79 Å². The molecule has 9 heteroatoms. The molecule has 1 heterocycles. The quantitative estimate of drug-likeness (QED) is 0.452. The molecule has 0 saturated carbocycles. The van der Waals surface area contributed by atoms with Gasteiger partial charge in [0.15, 0.2) is 11.5 Å². The van der Waals surface area contributed by atoms with Crippen molar-refractivity contribution in [1.29, 1.82) is 0 Å². The van der Waals surface area contributed by atoms with Gasteiger partial charge in [-0.05, 0) is 25.5 Å². The van der Waals surface area contributed by atoms with Crippen LogP contribution in [0.1, 0.15) is 23.7 Å². The minimum atomic E-state index is -0.448. The second-order valence-corrected chi connectivity index (χ2v) is 6.43. The van der Waals surface area contributed by atoms with Crippen molar-refractivity contribution >= 4 is 12.1 Å². The number of esters is 1. The zero-order chi connectivity index (χ0) is 21.2. The van der Waals surface area contributed by atoms with Crippen LogP contribution in [-0.2, 0) is 9.47 Å². The summed E-state index contributed by atoms with van der Waals surface area (Å²) >= 11 is 0. The number of rotatable bonds is 9. The van der Waals surface area contributed by atoms with Crippen molar-refractivity contribution in [2.45, 2.75) is 13.3 Å². The summed E-state index contributed by atoms with van der Waals surface area (Å²) in [7, 11) is 4.49. The van der Waals surface area contributed by atoms with Gasteiger partial charge in [-0.25, -0.2) is 9.59 Å². The molecular weight excluding hydrogens is 380 g/mol. The van der Waals surface area contributed by atoms with Gasteiger partial charge in [0.05, 0.1) is 40.1 Å². The standard InChI is InChI=1S/C20H30N2O7/c1-5-28-20(24)22-10-8-21(9-11-22)7-6-12-29-19(23)15-13-16(25-2)18(27-4)17(14-15)26-3/h13-14H,5-12H2,1-4H3. The van der Waals surface area contributed by atoms with Gasteiger partial charge >= 0.3 is 12.1 Å². The van der Waals surface area contributed by atoms with Gasteiger partial charge in [0.2, 0.25) is 5.75 Å². The van der Waals surface area contributed by atoms with Crippen molar-refractivity contribution in [1.82, 2.24) is 9.80 Å². The lowest BCUT2D eigenvalue weighted by Crippen LogP contribution is -2.49. The Bertz CT molecular complexity index is 662. The van der Waals surface area contributed by atoms with Gasteiger partial charge in [0.1, 0.15) is 0 Å². The van der Waals surface area contributed by atoms with E-state index in [0.717, 1.165) is 19.6 Å². The molecule has 1 fully saturated rings. The number of amides is 1. The van der Waals surface area contributed by atoms with Crippen molar-refractivity contribution in [3.05, 3.63) is 17.7 Å². The molecule has 1 aromatic carbocycles. The highest BCUT2D eigenvalue weighted by Crippen LogP contribution is 2.38. The van der Waals surface area contributed by atoms with Crippen molar-refractivity contribution in [2.24, 2.45) is 0 Å². The molecule has 2 rings (SSSR count). The van der Waals surface area contributed by atoms with Crippen molar-refractivity contribution in [3.63, 3.8) is 0 Å². The van der Waals surface area contributed by atoms with E-state index < -0.39 is 5.97 Å². The van der Waals surface area contributed by atoms with Crippen LogP contribution in [0.2, 0.25) is 0 Å². The fraction of sp³-hybridized carbons (Fsp3) is 0.600. The fourth-order valence-corrected chi connectivity index (χ4v) is 3.10. The molecule has 29 heavy (non-hydrogen) atoms. The second kappa shape index (κ2) is 11.4. The van der Waals surface area contributed by atoms with Crippen molar-refractivity contribution < 1.29 is 33.3 Å². The zero-order valence-electron chi connectivity index (χ0n) is 17.6. The summed E-state index contributed by atoms with van der Waals surface area (Å²) in [5.74, 6) is 0.779. The normalized spacial score (nSPS) is 14.3. The first kappa shape index (κ1) is 22.6. The van der Waals surface area contributed by atoms with Crippen LogP contribution < -0.4 is 14.2 Å². The first-order valence-corrected chi connectivity index (χ1v) is 9.65. The molecule has 0 spiro atoms. The summed E-state index contributed by atoms with van der Waals surface area (Å²) in [6.07, 6.45) is 0.446. The Hall–Kier alpha value is -2.68. The van der Waals surface area contributed by atoms with Crippen LogP contribution in [0.25, 0.3) is 0 Å². The smallest absolute Gasteiger partial charge is 0.409 e. The lowest BCUT2D eigenvalue weighted by atomic mass is 10.2. The van der Waals surface area contributed by atoms with E-state index in [4.69, 9.17) is 23.7 Å². The predicted octanol–water partition coefficient (Wildman–Crippen LogP) is 2.03. The summed E-state index contributed by atoms with van der Waals surface area (Å²) < 4.78 is 26.2. The number of carbonyl (C=O) groups is 2. The van der Waals surface area contributed by atoms with E-state index in [1.165, 1.54) is 21.3 Å². The van der Waals surface area contributed by atoms with E-state index in [-0.39, 0.29) is 6.09 Å². The monoisotopic (exact) mass is 410 g/mol. The van der Waals surface area contributed by atoms with Crippen molar-refractivity contribution in [2.75, 3.05) is 67.3 Å². The molecule has 9 nitrogen and oxygen atoms in total. The highest BCUT2D eigenvalue weighted by molar-refractivity contribution is 5.91. The summed E-state index contributed by atoms with van der Waals surface area (Å²) in [6.45, 7) is 6.12. The van der Waals surface area contributed by atoms with Crippen LogP contribution in [0.15, 0.2) is 12.1 Å². The molecule has 0 bridgehead atoms. The van der Waals surface area contributed by atoms with Gasteiger partial charge in [-0.2, -0.15) is 0 Å². The summed E-state index contributed by atoms with van der Waals surface area (Å²) in [5, 5.41) is 0. The molecule has 1 saturated heterocycles. The maximum Gasteiger partial charge on any atom is 0.409 e. The molecule has 1 amide bonds. The van der Waals surface area contributed by atoms with E-state index in [9.17, 15) is 9.59 Å². The Kier molecular flexibility index (Phi) is 8.85. The lowest BCUT2D eigenvalue weighted by molar-refractivity contribution is 0.0467. The molecule has 1 aliphatic heterocycles. The Morgan fingerprint density at radius 2 is 1.55 bits per heavy atom. The molecule has 0 aromatic heterocycles. The molecule has 0 radical (unpaired) electrons. The molecule has 0 aliphatic carbocycles. The van der Waals surface area contributed by atoms with E-state index in [0.29, 0.717) is 55.5 Å². The highest BCUT2D eigenvalue weighted by Gasteiger charge is 2.22. The first-order valence-electron chi connectivity index (χ1n) is 9.65. The Balaban J connectivity index is 1.77. The SMILES string of the molecule is CCOC(=O)N1CCN(CCCOC(=O)c2cc(OC)c(OC)c(OC)c2)CC1. The lowest BCUT2D eigenvalue weighted by Gasteiger charge is -2.33. The maximum atomic E-state index is 12.4. The topological polar surface area (TPSA) is 86.8 Å². The van der Waals surface area contributed by atoms with Crippen LogP contribution in [-0.4, -0.2) is 89.1 Å². The third-order valence-corrected chi connectivity index (χ3v) is 4.65. The number of hydrogen-bond acceptors (Lipinski definition) is 8. The van der Waals surface area contributed by atoms with Crippen LogP contribution in [0.5, 0.6) is 17.2 Å². The Morgan fingerprint density at radius 1 is 0.931 bits per heavy atom. The van der Waals surface area contributed by atoms with Gasteiger partial charge in [0.25, 0.3) is 0 Å². The van der Waals surface area contributed by atoms with Gasteiger partial charge in [-0.1, -0.05) is 0 Å². The van der Waals surface area contributed by atoms with Gasteiger partial charge < -0.3 is 28.6 Å². The molecule has 0 N–H and O–H groups in total. The first-order chi connectivity index (χ1) is 14.0. The van der Waals surface area contributed by atoms with Gasteiger partial charge in [0, 0.05) is 32.7 Å². The molecule has 0 unspecified atom stereocenters. The Morgan fingerprint density at radius 3 is 2.07 bits per heavy atom. The molecular formula is C20H30N2O7. The highest BCUT2D eigenvalue weighted by atomic mass is 16.6. The van der Waals surface area contributed by atoms with Crippen LogP contribution in [0.3, 0.4) is 0 Å². The minimum absolute atomic E-state index is 0.258. The second-order valence-electron chi connectivity index (χ2n) is 6.43. The van der Waals surface area contributed by atoms with Gasteiger partial charge in [-0.3, -0.25) is 4.90 Å². The maximum absolute atomic E-state index is 12.4. The fourth-order valence-electron chi connectivity index (χ4n) is 3.10.